The zero-order chi connectivity index (χ0) is 15.0. The molecular weight excluding hydrogens is 280 g/mol. The van der Waals surface area contributed by atoms with Crippen LogP contribution in [-0.2, 0) is 20.5 Å². The minimum absolute atomic E-state index is 0.154. The Morgan fingerprint density at radius 1 is 1.40 bits per heavy atom. The second-order valence-electron chi connectivity index (χ2n) is 4.36. The van der Waals surface area contributed by atoms with E-state index in [1.54, 1.807) is 24.3 Å². The lowest BCUT2D eigenvalue weighted by Gasteiger charge is -2.10. The van der Waals surface area contributed by atoms with Gasteiger partial charge in [0.25, 0.3) is 0 Å². The molecule has 110 valence electrons. The van der Waals surface area contributed by atoms with E-state index >= 15 is 0 Å². The van der Waals surface area contributed by atoms with Crippen molar-refractivity contribution in [3.05, 3.63) is 35.4 Å². The van der Waals surface area contributed by atoms with E-state index in [1.165, 1.54) is 7.11 Å². The molecule has 1 rings (SSSR count). The highest BCUT2D eigenvalue weighted by Crippen LogP contribution is 2.07. The maximum Gasteiger partial charge on any atom is 0.215 e. The predicted octanol–water partition coefficient (Wildman–Crippen LogP) is 0.375. The molecule has 7 heteroatoms. The second-order valence-corrected chi connectivity index (χ2v) is 6.17. The number of hydrogen-bond donors (Lipinski definition) is 2. The Morgan fingerprint density at radius 2 is 2.05 bits per heavy atom. The summed E-state index contributed by atoms with van der Waals surface area (Å²) in [7, 11) is -1.98. The lowest BCUT2D eigenvalue weighted by molar-refractivity contribution is 0.0603. The molecule has 1 unspecified atom stereocenters. The molecule has 0 saturated carbocycles. The van der Waals surface area contributed by atoms with Crippen molar-refractivity contribution in [2.75, 3.05) is 20.3 Å². The van der Waals surface area contributed by atoms with Crippen LogP contribution >= 0.6 is 0 Å². The van der Waals surface area contributed by atoms with Crippen molar-refractivity contribution in [2.24, 2.45) is 0 Å². The molecule has 0 radical (unpaired) electrons. The molecule has 0 heterocycles. The number of nitrogens with zero attached hydrogens (tertiary/aromatic N) is 1. The first-order chi connectivity index (χ1) is 9.46. The Morgan fingerprint density at radius 3 is 2.60 bits per heavy atom. The van der Waals surface area contributed by atoms with Crippen molar-refractivity contribution < 1.29 is 18.3 Å². The molecule has 0 aliphatic rings. The van der Waals surface area contributed by atoms with Gasteiger partial charge in [0.1, 0.15) is 0 Å². The Kier molecular flexibility index (Phi) is 6.61. The van der Waals surface area contributed by atoms with E-state index in [0.717, 1.165) is 0 Å². The van der Waals surface area contributed by atoms with Crippen LogP contribution in [0.1, 0.15) is 17.5 Å². The first kappa shape index (κ1) is 16.6. The molecule has 0 fully saturated rings. The fourth-order valence-electron chi connectivity index (χ4n) is 1.60. The molecule has 0 aromatic heterocycles. The maximum atomic E-state index is 11.8. The number of aliphatic hydroxyl groups is 1. The van der Waals surface area contributed by atoms with E-state index < -0.39 is 16.1 Å². The van der Waals surface area contributed by atoms with E-state index in [4.69, 9.17) is 10.00 Å². The number of hydrogen-bond acceptors (Lipinski definition) is 5. The maximum absolute atomic E-state index is 11.8. The number of benzene rings is 1. The van der Waals surface area contributed by atoms with Crippen LogP contribution in [0.3, 0.4) is 0 Å². The summed E-state index contributed by atoms with van der Waals surface area (Å²) in [5.74, 6) is -0.154. The molecule has 1 aromatic rings. The van der Waals surface area contributed by atoms with Gasteiger partial charge in [-0.1, -0.05) is 12.1 Å². The van der Waals surface area contributed by atoms with E-state index in [-0.39, 0.29) is 18.9 Å². The summed E-state index contributed by atoms with van der Waals surface area (Å²) in [5.41, 5.74) is 1.09. The molecule has 0 amide bonds. The quantitative estimate of drug-likeness (QED) is 0.722. The molecule has 2 N–H and O–H groups in total. The Bertz CT molecular complexity index is 549. The largest absolute Gasteiger partial charge is 0.391 e. The van der Waals surface area contributed by atoms with Gasteiger partial charge < -0.3 is 9.84 Å². The zero-order valence-corrected chi connectivity index (χ0v) is 12.1. The van der Waals surface area contributed by atoms with Gasteiger partial charge in [0.05, 0.1) is 30.1 Å². The monoisotopic (exact) mass is 298 g/mol. The normalized spacial score (nSPS) is 12.8. The van der Waals surface area contributed by atoms with Crippen LogP contribution in [-0.4, -0.2) is 39.9 Å². The third-order valence-electron chi connectivity index (χ3n) is 2.60. The summed E-state index contributed by atoms with van der Waals surface area (Å²) >= 11 is 0. The summed E-state index contributed by atoms with van der Waals surface area (Å²) in [6, 6.07) is 8.34. The highest BCUT2D eigenvalue weighted by molar-refractivity contribution is 7.88. The van der Waals surface area contributed by atoms with Gasteiger partial charge in [-0.2, -0.15) is 5.26 Å². The first-order valence-corrected chi connectivity index (χ1v) is 7.75. The molecule has 0 aliphatic carbocycles. The van der Waals surface area contributed by atoms with Gasteiger partial charge >= 0.3 is 0 Å². The number of sulfonamides is 1. The van der Waals surface area contributed by atoms with E-state index in [1.807, 2.05) is 6.07 Å². The smallest absolute Gasteiger partial charge is 0.215 e. The average molecular weight is 298 g/mol. The van der Waals surface area contributed by atoms with Gasteiger partial charge in [0.15, 0.2) is 0 Å². The van der Waals surface area contributed by atoms with E-state index in [9.17, 15) is 13.5 Å². The van der Waals surface area contributed by atoms with Gasteiger partial charge in [-0.15, -0.1) is 0 Å². The second kappa shape index (κ2) is 7.97. The molecule has 1 aromatic carbocycles. The molecule has 1 atom stereocenters. The molecule has 6 nitrogen and oxygen atoms in total. The highest BCUT2D eigenvalue weighted by atomic mass is 32.2. The fraction of sp³-hybridized carbons (Fsp3) is 0.462. The third-order valence-corrected chi connectivity index (χ3v) is 3.96. The Balaban J connectivity index is 2.46. The third kappa shape index (κ3) is 6.12. The molecule has 0 bridgehead atoms. The van der Waals surface area contributed by atoms with E-state index in [0.29, 0.717) is 17.5 Å². The number of nitrogens with one attached hydrogen (secondary N) is 1. The number of methoxy groups -OCH3 is 1. The van der Waals surface area contributed by atoms with Crippen LogP contribution in [0.15, 0.2) is 24.3 Å². The van der Waals surface area contributed by atoms with Gasteiger partial charge in [0.2, 0.25) is 10.0 Å². The standard InChI is InChI=1S/C13H18N2O4S/c1-19-9-13(16)6-7-15-20(17,18)10-12-4-2-11(8-14)3-5-12/h2-5,13,15-16H,6-7,9-10H2,1H3. The van der Waals surface area contributed by atoms with Crippen molar-refractivity contribution in [3.63, 3.8) is 0 Å². The highest BCUT2D eigenvalue weighted by Gasteiger charge is 2.12. The molecule has 0 saturated heterocycles. The Labute approximate surface area is 119 Å². The molecule has 0 spiro atoms. The average Bonchev–Trinajstić information content (AvgIpc) is 2.39. The van der Waals surface area contributed by atoms with Crippen LogP contribution in [0, 0.1) is 11.3 Å². The Hall–Kier alpha value is -1.46. The van der Waals surface area contributed by atoms with Crippen LogP contribution < -0.4 is 4.72 Å². The summed E-state index contributed by atoms with van der Waals surface area (Å²) in [4.78, 5) is 0. The SMILES string of the molecule is COCC(O)CCNS(=O)(=O)Cc1ccc(C#N)cc1. The fourth-order valence-corrected chi connectivity index (χ4v) is 2.76. The van der Waals surface area contributed by atoms with E-state index in [2.05, 4.69) is 4.72 Å². The summed E-state index contributed by atoms with van der Waals surface area (Å²) < 4.78 is 30.8. The summed E-state index contributed by atoms with van der Waals surface area (Å²) in [6.07, 6.45) is -0.391. The lowest BCUT2D eigenvalue weighted by atomic mass is 10.2. The van der Waals surface area contributed by atoms with Gasteiger partial charge in [0, 0.05) is 13.7 Å². The number of rotatable bonds is 8. The van der Waals surface area contributed by atoms with Crippen molar-refractivity contribution in [2.45, 2.75) is 18.3 Å². The topological polar surface area (TPSA) is 99.4 Å². The predicted molar refractivity (Wildman–Crippen MR) is 74.3 cm³/mol. The van der Waals surface area contributed by atoms with Crippen molar-refractivity contribution in [1.82, 2.24) is 4.72 Å². The minimum atomic E-state index is -3.45. The van der Waals surface area contributed by atoms with Gasteiger partial charge in [-0.05, 0) is 24.1 Å². The van der Waals surface area contributed by atoms with Gasteiger partial charge in [-0.3, -0.25) is 0 Å². The summed E-state index contributed by atoms with van der Waals surface area (Å²) in [5, 5.41) is 18.1. The molecule has 0 aliphatic heterocycles. The van der Waals surface area contributed by atoms with Crippen LogP contribution in [0.4, 0.5) is 0 Å². The van der Waals surface area contributed by atoms with Crippen molar-refractivity contribution in [1.29, 1.82) is 5.26 Å². The van der Waals surface area contributed by atoms with Crippen LogP contribution in [0.5, 0.6) is 0 Å². The number of aliphatic hydroxyl groups excluding tert-OH is 1. The van der Waals surface area contributed by atoms with Crippen LogP contribution in [0.25, 0.3) is 0 Å². The zero-order valence-electron chi connectivity index (χ0n) is 11.2. The molecular formula is C13H18N2O4S. The van der Waals surface area contributed by atoms with Crippen molar-refractivity contribution >= 4 is 10.0 Å². The minimum Gasteiger partial charge on any atom is -0.391 e. The first-order valence-electron chi connectivity index (χ1n) is 6.10. The van der Waals surface area contributed by atoms with Crippen molar-refractivity contribution in [3.8, 4) is 6.07 Å². The molecule has 20 heavy (non-hydrogen) atoms. The summed E-state index contributed by atoms with van der Waals surface area (Å²) in [6.45, 7) is 0.334. The number of nitriles is 1. The van der Waals surface area contributed by atoms with Crippen LogP contribution in [0.2, 0.25) is 0 Å². The van der Waals surface area contributed by atoms with Gasteiger partial charge in [-0.25, -0.2) is 13.1 Å². The number of ether oxygens (including phenoxy) is 1. The lowest BCUT2D eigenvalue weighted by Crippen LogP contribution is -2.29.